The number of amidine groups is 1. The minimum Gasteiger partial charge on any atom is -0.469 e. The topological polar surface area (TPSA) is 84.8 Å². The van der Waals surface area contributed by atoms with Gasteiger partial charge in [0.15, 0.2) is 0 Å². The molecule has 0 aromatic heterocycles. The molecule has 0 bridgehead atoms. The Hall–Kier alpha value is -4.66. The SMILES string of the molecule is COC(=O)C[C@H](Cc1ccc(SC(c2ccccc2)(c2ccccc2)c2ccccc2)cc1)NC1=NS(=O)(=O)c2ccccc21. The van der Waals surface area contributed by atoms with Crippen LogP contribution >= 0.6 is 11.8 Å². The first-order valence-corrected chi connectivity index (χ1v) is 16.9. The molecule has 0 fully saturated rings. The lowest BCUT2D eigenvalue weighted by Crippen LogP contribution is -2.38. The standard InChI is InChI=1S/C37H32N2O4S2/c1-43-35(40)26-31(38-36-33-19-11-12-20-34(33)45(41,42)39-36)25-27-21-23-32(24-22-27)44-37(28-13-5-2-6-14-28,29-15-7-3-8-16-29)30-17-9-4-10-18-30/h2-24,31H,25-26H2,1H3,(H,38,39)/t31-/m0/s1. The molecule has 0 radical (unpaired) electrons. The van der Waals surface area contributed by atoms with Crippen LogP contribution in [0.5, 0.6) is 0 Å². The van der Waals surface area contributed by atoms with Gasteiger partial charge in [-0.05, 0) is 52.9 Å². The molecule has 6 rings (SSSR count). The predicted molar refractivity (Wildman–Crippen MR) is 179 cm³/mol. The summed E-state index contributed by atoms with van der Waals surface area (Å²) < 4.78 is 33.7. The van der Waals surface area contributed by atoms with Crippen LogP contribution in [0.4, 0.5) is 0 Å². The van der Waals surface area contributed by atoms with Crippen molar-refractivity contribution in [1.29, 1.82) is 0 Å². The first-order valence-electron chi connectivity index (χ1n) is 14.6. The summed E-state index contributed by atoms with van der Waals surface area (Å²) in [5, 5.41) is 3.22. The number of carbonyl (C=O) groups excluding carboxylic acids is 1. The first kappa shape index (κ1) is 30.4. The van der Waals surface area contributed by atoms with Crippen molar-refractivity contribution >= 4 is 33.6 Å². The molecule has 1 atom stereocenters. The van der Waals surface area contributed by atoms with E-state index < -0.39 is 26.8 Å². The molecule has 226 valence electrons. The predicted octanol–water partition coefficient (Wildman–Crippen LogP) is 6.98. The molecule has 0 aliphatic carbocycles. The van der Waals surface area contributed by atoms with Crippen molar-refractivity contribution < 1.29 is 17.9 Å². The Balaban J connectivity index is 1.31. The lowest BCUT2D eigenvalue weighted by molar-refractivity contribution is -0.141. The lowest BCUT2D eigenvalue weighted by Gasteiger charge is -2.35. The second-order valence-electron chi connectivity index (χ2n) is 10.8. The largest absolute Gasteiger partial charge is 0.469 e. The number of fused-ring (bicyclic) bond motifs is 1. The van der Waals surface area contributed by atoms with E-state index in [9.17, 15) is 13.2 Å². The van der Waals surface area contributed by atoms with Crippen molar-refractivity contribution in [2.75, 3.05) is 7.11 Å². The number of carbonyl (C=O) groups is 1. The van der Waals surface area contributed by atoms with Gasteiger partial charge in [-0.1, -0.05) is 115 Å². The molecule has 0 saturated carbocycles. The van der Waals surface area contributed by atoms with E-state index in [4.69, 9.17) is 4.74 Å². The highest BCUT2D eigenvalue weighted by Gasteiger charge is 2.37. The number of thioether (sulfide) groups is 1. The van der Waals surface area contributed by atoms with E-state index in [-0.39, 0.29) is 17.2 Å². The molecule has 5 aromatic rings. The number of esters is 1. The summed E-state index contributed by atoms with van der Waals surface area (Å²) in [7, 11) is -2.45. The van der Waals surface area contributed by atoms with Crippen molar-refractivity contribution in [3.05, 3.63) is 167 Å². The maximum Gasteiger partial charge on any atom is 0.307 e. The summed E-state index contributed by atoms with van der Waals surface area (Å²) >= 11 is 1.78. The summed E-state index contributed by atoms with van der Waals surface area (Å²) in [6, 6.07) is 46.2. The Morgan fingerprint density at radius 1 is 0.756 bits per heavy atom. The molecule has 0 spiro atoms. The zero-order valence-corrected chi connectivity index (χ0v) is 26.3. The second kappa shape index (κ2) is 13.1. The molecule has 1 aliphatic rings. The minimum atomic E-state index is -3.79. The minimum absolute atomic E-state index is 0.0490. The van der Waals surface area contributed by atoms with Gasteiger partial charge in [0.05, 0.1) is 18.3 Å². The highest BCUT2D eigenvalue weighted by Crippen LogP contribution is 2.51. The summed E-state index contributed by atoms with van der Waals surface area (Å²) in [5.41, 5.74) is 5.00. The number of hydrogen-bond donors (Lipinski definition) is 1. The fourth-order valence-corrected chi connectivity index (χ4v) is 8.28. The third kappa shape index (κ3) is 6.43. The number of nitrogens with one attached hydrogen (secondary N) is 1. The van der Waals surface area contributed by atoms with Crippen LogP contribution in [0.1, 0.15) is 34.2 Å². The van der Waals surface area contributed by atoms with Crippen LogP contribution in [0.25, 0.3) is 0 Å². The third-order valence-corrected chi connectivity index (χ3v) is 10.7. The van der Waals surface area contributed by atoms with Crippen molar-refractivity contribution in [2.45, 2.75) is 33.4 Å². The van der Waals surface area contributed by atoms with Gasteiger partial charge in [0.25, 0.3) is 10.0 Å². The molecule has 1 N–H and O–H groups in total. The summed E-state index contributed by atoms with van der Waals surface area (Å²) in [5.74, 6) is -0.155. The number of nitrogens with zero attached hydrogens (tertiary/aromatic N) is 1. The van der Waals surface area contributed by atoms with Crippen molar-refractivity contribution in [2.24, 2.45) is 4.40 Å². The van der Waals surface area contributed by atoms with Gasteiger partial charge in [0.1, 0.15) is 10.7 Å². The molecule has 0 amide bonds. The van der Waals surface area contributed by atoms with Gasteiger partial charge < -0.3 is 10.1 Å². The van der Waals surface area contributed by atoms with Crippen LogP contribution in [0.15, 0.2) is 154 Å². The Labute approximate surface area is 268 Å². The maximum atomic E-state index is 12.6. The Morgan fingerprint density at radius 3 is 1.80 bits per heavy atom. The molecule has 0 saturated heterocycles. The van der Waals surface area contributed by atoms with Gasteiger partial charge in [-0.25, -0.2) is 0 Å². The Bertz CT molecular complexity index is 1820. The molecule has 45 heavy (non-hydrogen) atoms. The molecule has 6 nitrogen and oxygen atoms in total. The average molecular weight is 633 g/mol. The van der Waals surface area contributed by atoms with E-state index in [1.54, 1.807) is 30.0 Å². The number of hydrogen-bond acceptors (Lipinski definition) is 6. The first-order chi connectivity index (χ1) is 21.9. The maximum absolute atomic E-state index is 12.6. The van der Waals surface area contributed by atoms with E-state index in [0.29, 0.717) is 12.0 Å². The molecule has 1 aliphatic heterocycles. The van der Waals surface area contributed by atoms with Crippen LogP contribution in [0, 0.1) is 0 Å². The number of benzene rings is 5. The fraction of sp³-hybridized carbons (Fsp3) is 0.135. The number of ether oxygens (including phenoxy) is 1. The van der Waals surface area contributed by atoms with E-state index in [2.05, 4.69) is 107 Å². The highest BCUT2D eigenvalue weighted by molar-refractivity contribution is 8.00. The van der Waals surface area contributed by atoms with Crippen molar-refractivity contribution in [1.82, 2.24) is 5.32 Å². The van der Waals surface area contributed by atoms with Gasteiger partial charge in [-0.15, -0.1) is 16.2 Å². The summed E-state index contributed by atoms with van der Waals surface area (Å²) in [4.78, 5) is 13.6. The van der Waals surface area contributed by atoms with Crippen molar-refractivity contribution in [3.8, 4) is 0 Å². The monoisotopic (exact) mass is 632 g/mol. The molecular formula is C37H32N2O4S2. The number of sulfonamides is 1. The van der Waals surface area contributed by atoms with E-state index >= 15 is 0 Å². The van der Waals surface area contributed by atoms with E-state index in [1.165, 1.54) is 29.9 Å². The van der Waals surface area contributed by atoms with Crippen LogP contribution in [-0.4, -0.2) is 33.4 Å². The summed E-state index contributed by atoms with van der Waals surface area (Å²) in [6.07, 6.45) is 0.510. The smallest absolute Gasteiger partial charge is 0.307 e. The molecule has 5 aromatic carbocycles. The number of rotatable bonds is 10. The van der Waals surface area contributed by atoms with Gasteiger partial charge in [-0.2, -0.15) is 8.42 Å². The number of methoxy groups -OCH3 is 1. The van der Waals surface area contributed by atoms with Crippen LogP contribution < -0.4 is 5.32 Å². The zero-order chi connectivity index (χ0) is 31.3. The fourth-order valence-electron chi connectivity index (χ4n) is 5.71. The van der Waals surface area contributed by atoms with E-state index in [0.717, 1.165) is 10.5 Å². The van der Waals surface area contributed by atoms with Gasteiger partial charge in [0.2, 0.25) is 0 Å². The highest BCUT2D eigenvalue weighted by atomic mass is 32.2. The van der Waals surface area contributed by atoms with Crippen molar-refractivity contribution in [3.63, 3.8) is 0 Å². The Kier molecular flexibility index (Phi) is 8.87. The second-order valence-corrected chi connectivity index (χ2v) is 13.6. The van der Waals surface area contributed by atoms with Crippen LogP contribution in [-0.2, 0) is 30.7 Å². The summed E-state index contributed by atoms with van der Waals surface area (Å²) in [6.45, 7) is 0. The molecule has 8 heteroatoms. The quantitative estimate of drug-likeness (QED) is 0.102. The average Bonchev–Trinajstić information content (AvgIpc) is 3.34. The molecular weight excluding hydrogens is 601 g/mol. The molecule has 1 heterocycles. The van der Waals surface area contributed by atoms with E-state index in [1.807, 2.05) is 18.2 Å². The van der Waals surface area contributed by atoms with Crippen LogP contribution in [0.3, 0.4) is 0 Å². The Morgan fingerprint density at radius 2 is 1.27 bits per heavy atom. The van der Waals surface area contributed by atoms with Gasteiger partial charge in [0, 0.05) is 16.5 Å². The third-order valence-electron chi connectivity index (χ3n) is 7.83. The normalized spacial score (nSPS) is 14.2. The molecule has 0 unspecified atom stereocenters. The van der Waals surface area contributed by atoms with Gasteiger partial charge >= 0.3 is 5.97 Å². The zero-order valence-electron chi connectivity index (χ0n) is 24.7. The lowest BCUT2D eigenvalue weighted by atomic mass is 9.84. The van der Waals surface area contributed by atoms with Gasteiger partial charge in [-0.3, -0.25) is 4.79 Å². The van der Waals surface area contributed by atoms with Crippen LogP contribution in [0.2, 0.25) is 0 Å².